The minimum atomic E-state index is -11.2. The van der Waals surface area contributed by atoms with Crippen molar-refractivity contribution < 1.29 is 21.4 Å². The van der Waals surface area contributed by atoms with E-state index in [-0.39, 0.29) is 0 Å². The Balaban J connectivity index is 0.000000307. The van der Waals surface area contributed by atoms with Gasteiger partial charge in [-0.05, 0) is 42.1 Å². The molecule has 1 nitrogen and oxygen atoms in total. The van der Waals surface area contributed by atoms with Gasteiger partial charge in [-0.3, -0.25) is 0 Å². The van der Waals surface area contributed by atoms with Crippen molar-refractivity contribution in [2.45, 2.75) is 19.9 Å². The zero-order chi connectivity index (χ0) is 23.2. The van der Waals surface area contributed by atoms with Gasteiger partial charge < -0.3 is 0 Å². The van der Waals surface area contributed by atoms with E-state index < -0.39 is 19.5 Å². The van der Waals surface area contributed by atoms with E-state index in [2.05, 4.69) is 90.4 Å². The summed E-state index contributed by atoms with van der Waals surface area (Å²) in [6.07, 6.45) is 1.09. The summed E-state index contributed by atoms with van der Waals surface area (Å²) in [5, 5.41) is 2.64. The van der Waals surface area contributed by atoms with Crippen LogP contribution in [0.2, 0.25) is 0 Å². The van der Waals surface area contributed by atoms with Gasteiger partial charge in [0.15, 0.2) is 6.54 Å². The van der Waals surface area contributed by atoms with Crippen molar-refractivity contribution in [3.05, 3.63) is 90.0 Å². The number of rotatable bonds is 1. The molecule has 1 aliphatic rings. The molecule has 0 saturated carbocycles. The van der Waals surface area contributed by atoms with Crippen LogP contribution in [-0.2, 0) is 13.0 Å². The van der Waals surface area contributed by atoms with Crippen molar-refractivity contribution >= 4 is 30.2 Å². The van der Waals surface area contributed by atoms with Gasteiger partial charge in [0.05, 0.1) is 10.9 Å². The second-order valence-electron chi connectivity index (χ2n) is 7.85. The first-order chi connectivity index (χ1) is 14.8. The fraction of sp³-hybridized carbons (Fsp3) is 0.125. The first-order valence-electron chi connectivity index (χ1n) is 9.93. The van der Waals surface area contributed by atoms with Gasteiger partial charge in [-0.25, -0.2) is 0 Å². The Labute approximate surface area is 183 Å². The molecular formula is C24H20F6NSb. The maximum atomic E-state index is 9.93. The van der Waals surface area contributed by atoms with E-state index in [9.17, 15) is 16.9 Å². The fourth-order valence-electron chi connectivity index (χ4n) is 4.02. The molecule has 0 saturated heterocycles. The molecule has 0 spiro atoms. The summed E-state index contributed by atoms with van der Waals surface area (Å²) < 4.78 is 62.1. The molecule has 3 aromatic carbocycles. The van der Waals surface area contributed by atoms with E-state index in [0.717, 1.165) is 13.0 Å². The number of benzene rings is 3. The van der Waals surface area contributed by atoms with Crippen molar-refractivity contribution in [2.24, 2.45) is 0 Å². The molecule has 0 N–H and O–H groups in total. The van der Waals surface area contributed by atoms with Gasteiger partial charge >= 0.3 is 36.4 Å². The van der Waals surface area contributed by atoms with Crippen molar-refractivity contribution in [3.63, 3.8) is 0 Å². The van der Waals surface area contributed by atoms with Gasteiger partial charge in [-0.1, -0.05) is 54.1 Å². The standard InChI is InChI=1S/C24H20N.6FH.Sb/c1-17-10-12-19(13-11-17)23-16-20-7-3-5-9-22(20)24-21-8-4-2-6-18(21)14-15-25(23)24;;;;;;;/h2-13,16H,14-15H2,1H3;6*1H;/q+1;;;;;;;+5/p-6. The molecule has 32 heavy (non-hydrogen) atoms. The molecule has 0 fully saturated rings. The molecule has 5 rings (SSSR count). The van der Waals surface area contributed by atoms with Crippen LogP contribution in [0.1, 0.15) is 11.1 Å². The van der Waals surface area contributed by atoms with Gasteiger partial charge in [-0.15, -0.1) is 0 Å². The average molecular weight is 558 g/mol. The number of pyridine rings is 1. The Bertz CT molecular complexity index is 1300. The third-order valence-corrected chi connectivity index (χ3v) is 5.29. The van der Waals surface area contributed by atoms with Crippen LogP contribution in [0.25, 0.3) is 33.3 Å². The van der Waals surface area contributed by atoms with Crippen LogP contribution in [0.5, 0.6) is 0 Å². The fourth-order valence-corrected chi connectivity index (χ4v) is 4.02. The Hall–Kier alpha value is -2.53. The van der Waals surface area contributed by atoms with Crippen LogP contribution in [-0.4, -0.2) is 19.5 Å². The van der Waals surface area contributed by atoms with Crippen molar-refractivity contribution in [2.75, 3.05) is 0 Å². The van der Waals surface area contributed by atoms with Gasteiger partial charge in [-0.2, -0.15) is 4.57 Å². The molecule has 0 unspecified atom stereocenters. The van der Waals surface area contributed by atoms with Gasteiger partial charge in [0.2, 0.25) is 11.4 Å². The number of aromatic nitrogens is 1. The first kappa shape index (κ1) is 22.7. The Kier molecular flexibility index (Phi) is 5.13. The monoisotopic (exact) mass is 557 g/mol. The molecule has 0 bridgehead atoms. The Morgan fingerprint density at radius 3 is 2.03 bits per heavy atom. The van der Waals surface area contributed by atoms with Crippen LogP contribution < -0.4 is 4.57 Å². The predicted octanol–water partition coefficient (Wildman–Crippen LogP) is 7.47. The number of hydrogen-bond acceptors (Lipinski definition) is 0. The zero-order valence-electron chi connectivity index (χ0n) is 17.1. The molecule has 4 aromatic rings. The summed E-state index contributed by atoms with van der Waals surface area (Å²) >= 11 is -11.2. The van der Waals surface area contributed by atoms with E-state index >= 15 is 0 Å². The SMILES string of the molecule is Cc1ccc(-c2cc3ccccc3c3[n+]2CCc2ccccc2-3)cc1.[F][Sb-]([F])([F])([F])([F])[F]. The molecule has 1 aliphatic heterocycles. The van der Waals surface area contributed by atoms with Crippen molar-refractivity contribution in [1.82, 2.24) is 0 Å². The summed E-state index contributed by atoms with van der Waals surface area (Å²) in [4.78, 5) is 0. The van der Waals surface area contributed by atoms with Crippen LogP contribution in [0.15, 0.2) is 78.9 Å². The second-order valence-corrected chi connectivity index (χ2v) is 13.3. The number of nitrogens with zero attached hydrogens (tertiary/aromatic N) is 1. The first-order valence-corrected chi connectivity index (χ1v) is 15.7. The Morgan fingerprint density at radius 2 is 1.34 bits per heavy atom. The summed E-state index contributed by atoms with van der Waals surface area (Å²) in [7, 11) is 0. The molecule has 0 atom stereocenters. The van der Waals surface area contributed by atoms with E-state index in [1.807, 2.05) is 0 Å². The van der Waals surface area contributed by atoms with Crippen LogP contribution in [0.3, 0.4) is 0 Å². The van der Waals surface area contributed by atoms with Crippen molar-refractivity contribution in [3.8, 4) is 22.5 Å². The summed E-state index contributed by atoms with van der Waals surface area (Å²) in [5.74, 6) is 0. The molecule has 0 aliphatic carbocycles. The summed E-state index contributed by atoms with van der Waals surface area (Å²) in [6, 6.07) is 28.8. The normalized spacial score (nSPS) is 15.0. The summed E-state index contributed by atoms with van der Waals surface area (Å²) in [6.45, 7) is 3.17. The number of halogens is 6. The van der Waals surface area contributed by atoms with Crippen LogP contribution in [0, 0.1) is 6.92 Å². The summed E-state index contributed by atoms with van der Waals surface area (Å²) in [5.41, 5.74) is 8.08. The van der Waals surface area contributed by atoms with Gasteiger partial charge in [0.1, 0.15) is 0 Å². The minimum absolute atomic E-state index is 1.03. The molecule has 2 heterocycles. The predicted molar refractivity (Wildman–Crippen MR) is 116 cm³/mol. The molecule has 0 radical (unpaired) electrons. The zero-order valence-corrected chi connectivity index (χ0v) is 19.6. The topological polar surface area (TPSA) is 3.88 Å². The number of aryl methyl sites for hydroxylation is 2. The maximum absolute atomic E-state index is 11.2. The van der Waals surface area contributed by atoms with Gasteiger partial charge in [0, 0.05) is 18.1 Å². The van der Waals surface area contributed by atoms with E-state index in [1.54, 1.807) is 0 Å². The molecule has 8 heteroatoms. The van der Waals surface area contributed by atoms with E-state index in [0.29, 0.717) is 0 Å². The third-order valence-electron chi connectivity index (χ3n) is 5.29. The van der Waals surface area contributed by atoms with Crippen LogP contribution in [0.4, 0.5) is 16.9 Å². The number of fused-ring (bicyclic) bond motifs is 5. The molecule has 1 aromatic heterocycles. The Morgan fingerprint density at radius 1 is 0.750 bits per heavy atom. The van der Waals surface area contributed by atoms with Gasteiger partial charge in [0.25, 0.3) is 0 Å². The second kappa shape index (κ2) is 7.24. The molecule has 168 valence electrons. The molecule has 0 amide bonds. The van der Waals surface area contributed by atoms with E-state index in [4.69, 9.17) is 0 Å². The van der Waals surface area contributed by atoms with Crippen LogP contribution >= 0.6 is 0 Å². The molecular weight excluding hydrogens is 538 g/mol. The van der Waals surface area contributed by atoms with Crippen molar-refractivity contribution in [1.29, 1.82) is 0 Å². The third kappa shape index (κ3) is 5.63. The quantitative estimate of drug-likeness (QED) is 0.130. The average Bonchev–Trinajstić information content (AvgIpc) is 2.71. The van der Waals surface area contributed by atoms with E-state index in [1.165, 1.54) is 44.4 Å². The number of hydrogen-bond donors (Lipinski definition) is 0.